The molecular formula is C18H22N2O2. The van der Waals surface area contributed by atoms with Crippen molar-refractivity contribution < 1.29 is 9.53 Å². The minimum absolute atomic E-state index is 0.295. The van der Waals surface area contributed by atoms with Crippen molar-refractivity contribution in [2.75, 3.05) is 0 Å². The summed E-state index contributed by atoms with van der Waals surface area (Å²) in [4.78, 5) is 12.3. The number of nitrogens with zero attached hydrogens (tertiary/aromatic N) is 1. The number of rotatable bonds is 1. The number of hydrogen-bond donors (Lipinski definition) is 1. The van der Waals surface area contributed by atoms with Crippen molar-refractivity contribution in [3.63, 3.8) is 0 Å². The molecule has 1 atom stereocenters. The third kappa shape index (κ3) is 3.07. The maximum absolute atomic E-state index is 12.3. The summed E-state index contributed by atoms with van der Waals surface area (Å²) >= 11 is 0. The van der Waals surface area contributed by atoms with Crippen LogP contribution in [0.1, 0.15) is 43.6 Å². The summed E-state index contributed by atoms with van der Waals surface area (Å²) in [5, 5.41) is 3.51. The van der Waals surface area contributed by atoms with Gasteiger partial charge in [0.05, 0.1) is 0 Å². The van der Waals surface area contributed by atoms with E-state index in [1.54, 1.807) is 4.57 Å². The van der Waals surface area contributed by atoms with Gasteiger partial charge in [-0.05, 0) is 44.4 Å². The zero-order valence-corrected chi connectivity index (χ0v) is 13.3. The van der Waals surface area contributed by atoms with E-state index in [0.29, 0.717) is 12.6 Å². The Kier molecular flexibility index (Phi) is 3.79. The SMILES string of the molecule is CC(C)(C)OC(=O)n1ccc2c1CNC(c1ccccc1)C2. The van der Waals surface area contributed by atoms with Crippen LogP contribution in [0.5, 0.6) is 0 Å². The van der Waals surface area contributed by atoms with Gasteiger partial charge in [-0.1, -0.05) is 30.3 Å². The first-order valence-corrected chi connectivity index (χ1v) is 7.65. The highest BCUT2D eigenvalue weighted by Crippen LogP contribution is 2.27. The Morgan fingerprint density at radius 3 is 2.64 bits per heavy atom. The summed E-state index contributed by atoms with van der Waals surface area (Å²) in [6.07, 6.45) is 2.39. The minimum atomic E-state index is -0.483. The standard InChI is InChI=1S/C18H22N2O2/c1-18(2,3)22-17(21)20-10-9-14-11-15(19-12-16(14)20)13-7-5-4-6-8-13/h4-10,15,19H,11-12H2,1-3H3. The Morgan fingerprint density at radius 1 is 1.23 bits per heavy atom. The fraction of sp³-hybridized carbons (Fsp3) is 0.389. The van der Waals surface area contributed by atoms with Crippen LogP contribution in [0.4, 0.5) is 4.79 Å². The first kappa shape index (κ1) is 14.9. The molecule has 1 aliphatic rings. The summed E-state index contributed by atoms with van der Waals surface area (Å²) in [5.74, 6) is 0. The van der Waals surface area contributed by atoms with E-state index in [1.165, 1.54) is 11.1 Å². The molecule has 1 aromatic carbocycles. The maximum atomic E-state index is 12.3. The van der Waals surface area contributed by atoms with Crippen molar-refractivity contribution in [3.8, 4) is 0 Å². The van der Waals surface area contributed by atoms with Gasteiger partial charge in [-0.15, -0.1) is 0 Å². The molecule has 0 fully saturated rings. The van der Waals surface area contributed by atoms with Crippen LogP contribution in [-0.4, -0.2) is 16.3 Å². The number of fused-ring (bicyclic) bond motifs is 1. The lowest BCUT2D eigenvalue weighted by Gasteiger charge is -2.26. The van der Waals surface area contributed by atoms with E-state index in [-0.39, 0.29) is 6.09 Å². The molecule has 0 radical (unpaired) electrons. The molecule has 0 amide bonds. The molecule has 0 saturated carbocycles. The number of nitrogens with one attached hydrogen (secondary N) is 1. The van der Waals surface area contributed by atoms with Gasteiger partial charge in [-0.2, -0.15) is 0 Å². The number of benzene rings is 1. The van der Waals surface area contributed by atoms with E-state index in [2.05, 4.69) is 29.6 Å². The smallest absolute Gasteiger partial charge is 0.418 e. The first-order chi connectivity index (χ1) is 10.4. The summed E-state index contributed by atoms with van der Waals surface area (Å²) in [7, 11) is 0. The lowest BCUT2D eigenvalue weighted by molar-refractivity contribution is 0.0531. The molecule has 1 aliphatic heterocycles. The Labute approximate surface area is 131 Å². The van der Waals surface area contributed by atoms with Gasteiger partial charge in [-0.25, -0.2) is 4.79 Å². The largest absolute Gasteiger partial charge is 0.443 e. The quantitative estimate of drug-likeness (QED) is 0.873. The third-order valence-corrected chi connectivity index (χ3v) is 3.82. The van der Waals surface area contributed by atoms with Crippen molar-refractivity contribution in [1.29, 1.82) is 0 Å². The molecule has 0 bridgehead atoms. The molecule has 22 heavy (non-hydrogen) atoms. The van der Waals surface area contributed by atoms with Gasteiger partial charge in [-0.3, -0.25) is 4.57 Å². The van der Waals surface area contributed by atoms with Crippen LogP contribution >= 0.6 is 0 Å². The molecule has 4 nitrogen and oxygen atoms in total. The lowest BCUT2D eigenvalue weighted by Crippen LogP contribution is -2.32. The number of hydrogen-bond acceptors (Lipinski definition) is 3. The average Bonchev–Trinajstić information content (AvgIpc) is 2.89. The molecule has 0 spiro atoms. The van der Waals surface area contributed by atoms with E-state index in [4.69, 9.17) is 4.74 Å². The van der Waals surface area contributed by atoms with Gasteiger partial charge in [0, 0.05) is 24.5 Å². The second-order valence-corrected chi connectivity index (χ2v) is 6.69. The summed E-state index contributed by atoms with van der Waals surface area (Å²) in [6, 6.07) is 12.7. The van der Waals surface area contributed by atoms with Crippen molar-refractivity contribution >= 4 is 6.09 Å². The van der Waals surface area contributed by atoms with E-state index in [0.717, 1.165) is 12.1 Å². The van der Waals surface area contributed by atoms with Crippen LogP contribution in [0, 0.1) is 0 Å². The first-order valence-electron chi connectivity index (χ1n) is 7.65. The predicted octanol–water partition coefficient (Wildman–Crippen LogP) is 3.66. The summed E-state index contributed by atoms with van der Waals surface area (Å²) in [6.45, 7) is 6.31. The summed E-state index contributed by atoms with van der Waals surface area (Å²) in [5.41, 5.74) is 3.00. The Bertz CT molecular complexity index is 668. The van der Waals surface area contributed by atoms with Crippen molar-refractivity contribution in [3.05, 3.63) is 59.4 Å². The van der Waals surface area contributed by atoms with Crippen LogP contribution in [0.25, 0.3) is 0 Å². The zero-order valence-electron chi connectivity index (χ0n) is 13.3. The number of carbonyl (C=O) groups excluding carboxylic acids is 1. The Hall–Kier alpha value is -2.07. The zero-order chi connectivity index (χ0) is 15.7. The van der Waals surface area contributed by atoms with Crippen LogP contribution in [0.3, 0.4) is 0 Å². The highest BCUT2D eigenvalue weighted by atomic mass is 16.6. The van der Waals surface area contributed by atoms with Crippen LogP contribution < -0.4 is 5.32 Å². The van der Waals surface area contributed by atoms with Gasteiger partial charge in [0.1, 0.15) is 5.60 Å². The number of carbonyl (C=O) groups is 1. The molecule has 2 aromatic rings. The highest BCUT2D eigenvalue weighted by Gasteiger charge is 2.26. The molecule has 116 valence electrons. The van der Waals surface area contributed by atoms with Gasteiger partial charge < -0.3 is 10.1 Å². The van der Waals surface area contributed by atoms with Crippen molar-refractivity contribution in [2.45, 2.75) is 45.4 Å². The van der Waals surface area contributed by atoms with Gasteiger partial charge in [0.15, 0.2) is 0 Å². The Balaban J connectivity index is 1.79. The van der Waals surface area contributed by atoms with Crippen LogP contribution in [0.2, 0.25) is 0 Å². The fourth-order valence-electron chi connectivity index (χ4n) is 2.81. The second kappa shape index (κ2) is 5.61. The second-order valence-electron chi connectivity index (χ2n) is 6.69. The monoisotopic (exact) mass is 298 g/mol. The van der Waals surface area contributed by atoms with Crippen molar-refractivity contribution in [2.24, 2.45) is 0 Å². The van der Waals surface area contributed by atoms with Crippen LogP contribution in [0.15, 0.2) is 42.6 Å². The number of aromatic nitrogens is 1. The number of ether oxygens (including phenoxy) is 1. The molecule has 0 aliphatic carbocycles. The Morgan fingerprint density at radius 2 is 1.95 bits per heavy atom. The minimum Gasteiger partial charge on any atom is -0.443 e. The maximum Gasteiger partial charge on any atom is 0.418 e. The molecule has 0 saturated heterocycles. The predicted molar refractivity (Wildman–Crippen MR) is 85.8 cm³/mol. The van der Waals surface area contributed by atoms with E-state index < -0.39 is 5.60 Å². The molecule has 3 rings (SSSR count). The van der Waals surface area contributed by atoms with Gasteiger partial charge >= 0.3 is 6.09 Å². The molecule has 1 unspecified atom stereocenters. The third-order valence-electron chi connectivity index (χ3n) is 3.82. The van der Waals surface area contributed by atoms with E-state index in [1.807, 2.05) is 39.1 Å². The van der Waals surface area contributed by atoms with Gasteiger partial charge in [0.2, 0.25) is 0 Å². The van der Waals surface area contributed by atoms with Crippen molar-refractivity contribution in [1.82, 2.24) is 9.88 Å². The summed E-state index contributed by atoms with van der Waals surface area (Å²) < 4.78 is 7.08. The topological polar surface area (TPSA) is 43.3 Å². The molecule has 2 heterocycles. The normalized spacial score (nSPS) is 17.9. The molecule has 1 aromatic heterocycles. The van der Waals surface area contributed by atoms with Gasteiger partial charge in [0.25, 0.3) is 0 Å². The molecule has 1 N–H and O–H groups in total. The molecular weight excluding hydrogens is 276 g/mol. The van der Waals surface area contributed by atoms with Crippen LogP contribution in [-0.2, 0) is 17.7 Å². The fourth-order valence-corrected chi connectivity index (χ4v) is 2.81. The van der Waals surface area contributed by atoms with E-state index in [9.17, 15) is 4.79 Å². The molecule has 4 heteroatoms. The van der Waals surface area contributed by atoms with E-state index >= 15 is 0 Å². The average molecular weight is 298 g/mol. The highest BCUT2D eigenvalue weighted by molar-refractivity contribution is 5.72. The lowest BCUT2D eigenvalue weighted by atomic mass is 9.96.